The molecule has 1 aromatic carbocycles. The fourth-order valence-corrected chi connectivity index (χ4v) is 5.89. The van der Waals surface area contributed by atoms with E-state index in [1.54, 1.807) is 32.2 Å². The van der Waals surface area contributed by atoms with Gasteiger partial charge in [0.2, 0.25) is 0 Å². The van der Waals surface area contributed by atoms with E-state index >= 15 is 0 Å². The van der Waals surface area contributed by atoms with Crippen molar-refractivity contribution in [2.75, 3.05) is 51.3 Å². The molecule has 0 amide bonds. The number of benzene rings is 1. The van der Waals surface area contributed by atoms with Crippen molar-refractivity contribution in [2.45, 2.75) is 45.8 Å². The number of hydrogen-bond acceptors (Lipinski definition) is 9. The molecule has 5 rings (SSSR count). The Hall–Kier alpha value is -2.72. The lowest BCUT2D eigenvalue weighted by Crippen LogP contribution is -2.72. The monoisotopic (exact) mass is 540 g/mol. The standard InChI is InChI=1S/C28H37ClN6O3/c1-16-25(24(17(2)30)18(3)36)32-26(22-9-21(7-8-23(22)29)38-11-20(37)10-31-4)33-27(16)35-14-28(15-35)12-34(13-28)19-5-6-19/h7-9,19-20,31,37H,5-6,10-15,30H2,1-4H3/t20-/m1/s1. The summed E-state index contributed by atoms with van der Waals surface area (Å²) in [6, 6.07) is 6.05. The zero-order valence-corrected chi connectivity index (χ0v) is 23.3. The molecule has 2 aromatic rings. The van der Waals surface area contributed by atoms with Crippen LogP contribution in [0, 0.1) is 12.3 Å². The molecule has 1 spiro atoms. The Labute approximate surface area is 229 Å². The Kier molecular flexibility index (Phi) is 7.39. The van der Waals surface area contributed by atoms with Crippen LogP contribution >= 0.6 is 11.6 Å². The fourth-order valence-electron chi connectivity index (χ4n) is 5.69. The number of likely N-dealkylation sites (tertiary alicyclic amines) is 1. The molecule has 0 radical (unpaired) electrons. The largest absolute Gasteiger partial charge is 0.491 e. The maximum Gasteiger partial charge on any atom is 0.163 e. The summed E-state index contributed by atoms with van der Waals surface area (Å²) in [6.07, 6.45) is 2.01. The topological polar surface area (TPSA) is 117 Å². The summed E-state index contributed by atoms with van der Waals surface area (Å²) in [4.78, 5) is 27.3. The van der Waals surface area contributed by atoms with Crippen LogP contribution in [0.25, 0.3) is 17.0 Å². The first kappa shape index (κ1) is 26.9. The van der Waals surface area contributed by atoms with Crippen LogP contribution in [0.1, 0.15) is 37.9 Å². The number of carbonyl (C=O) groups excluding carboxylic acids is 1. The first-order chi connectivity index (χ1) is 18.1. The summed E-state index contributed by atoms with van der Waals surface area (Å²) in [7, 11) is 1.77. The predicted octanol–water partition coefficient (Wildman–Crippen LogP) is 2.63. The number of carbonyl (C=O) groups is 1. The lowest BCUT2D eigenvalue weighted by atomic mass is 9.72. The Balaban J connectivity index is 1.49. The third-order valence-corrected chi connectivity index (χ3v) is 7.99. The zero-order chi connectivity index (χ0) is 27.2. The molecule has 10 heteroatoms. The molecule has 2 aliphatic heterocycles. The van der Waals surface area contributed by atoms with Crippen molar-refractivity contribution in [3.05, 3.63) is 40.2 Å². The second-order valence-electron chi connectivity index (χ2n) is 11.1. The van der Waals surface area contributed by atoms with Crippen molar-refractivity contribution in [2.24, 2.45) is 11.1 Å². The third-order valence-electron chi connectivity index (χ3n) is 7.66. The molecule has 3 aliphatic rings. The van der Waals surface area contributed by atoms with Crippen LogP contribution in [-0.4, -0.2) is 84.3 Å². The smallest absolute Gasteiger partial charge is 0.163 e. The van der Waals surface area contributed by atoms with E-state index in [1.165, 1.54) is 19.8 Å². The molecule has 204 valence electrons. The average molecular weight is 541 g/mol. The number of aliphatic hydroxyl groups excluding tert-OH is 1. The van der Waals surface area contributed by atoms with Gasteiger partial charge >= 0.3 is 0 Å². The number of nitrogens with zero attached hydrogens (tertiary/aromatic N) is 4. The highest BCUT2D eigenvalue weighted by atomic mass is 35.5. The summed E-state index contributed by atoms with van der Waals surface area (Å²) < 4.78 is 5.81. The SMILES string of the molecule is CNC[C@@H](O)COc1ccc(Cl)c(-c2nc(C(C(C)=O)=C(C)N)c(C)c(N3CC4(C3)CN(C3CC3)C4)n2)c1. The molecule has 1 saturated carbocycles. The molecule has 9 nitrogen and oxygen atoms in total. The number of ether oxygens (including phenoxy) is 1. The molecule has 0 bridgehead atoms. The Bertz CT molecular complexity index is 1260. The van der Waals surface area contributed by atoms with Crippen molar-refractivity contribution >= 4 is 28.8 Å². The number of aromatic nitrogens is 2. The molecule has 1 aromatic heterocycles. The van der Waals surface area contributed by atoms with Gasteiger partial charge in [-0.2, -0.15) is 0 Å². The van der Waals surface area contributed by atoms with Gasteiger partial charge < -0.3 is 25.8 Å². The van der Waals surface area contributed by atoms with E-state index in [9.17, 15) is 9.90 Å². The quantitative estimate of drug-likeness (QED) is 0.391. The molecule has 1 atom stereocenters. The van der Waals surface area contributed by atoms with Crippen LogP contribution in [-0.2, 0) is 4.79 Å². The van der Waals surface area contributed by atoms with Gasteiger partial charge in [-0.25, -0.2) is 9.97 Å². The molecule has 3 heterocycles. The van der Waals surface area contributed by atoms with Crippen molar-refractivity contribution in [1.82, 2.24) is 20.2 Å². The number of hydrogen-bond donors (Lipinski definition) is 3. The molecule has 0 unspecified atom stereocenters. The Morgan fingerprint density at radius 3 is 2.58 bits per heavy atom. The van der Waals surface area contributed by atoms with E-state index < -0.39 is 6.10 Å². The van der Waals surface area contributed by atoms with Crippen molar-refractivity contribution in [3.63, 3.8) is 0 Å². The number of nitrogens with one attached hydrogen (secondary N) is 1. The Morgan fingerprint density at radius 1 is 1.26 bits per heavy atom. The maximum absolute atomic E-state index is 12.6. The van der Waals surface area contributed by atoms with Crippen molar-refractivity contribution in [1.29, 1.82) is 0 Å². The maximum atomic E-state index is 12.6. The normalized spacial score (nSPS) is 20.0. The molecule has 2 saturated heterocycles. The summed E-state index contributed by atoms with van der Waals surface area (Å²) >= 11 is 6.63. The van der Waals surface area contributed by atoms with Gasteiger partial charge in [0.15, 0.2) is 11.6 Å². The minimum Gasteiger partial charge on any atom is -0.491 e. The van der Waals surface area contributed by atoms with E-state index in [4.69, 9.17) is 32.0 Å². The average Bonchev–Trinajstić information content (AvgIpc) is 3.64. The number of rotatable bonds is 10. The van der Waals surface area contributed by atoms with Gasteiger partial charge in [0, 0.05) is 61.0 Å². The highest BCUT2D eigenvalue weighted by Crippen LogP contribution is 2.47. The van der Waals surface area contributed by atoms with E-state index in [0.717, 1.165) is 43.6 Å². The zero-order valence-electron chi connectivity index (χ0n) is 22.6. The fraction of sp³-hybridized carbons (Fsp3) is 0.536. The van der Waals surface area contributed by atoms with Gasteiger partial charge in [-0.05, 0) is 58.9 Å². The highest BCUT2D eigenvalue weighted by Gasteiger charge is 2.55. The summed E-state index contributed by atoms with van der Waals surface area (Å²) in [5.74, 6) is 1.60. The van der Waals surface area contributed by atoms with Gasteiger partial charge in [-0.15, -0.1) is 0 Å². The summed E-state index contributed by atoms with van der Waals surface area (Å²) in [6.45, 7) is 9.85. The number of Topliss-reactive ketones (excluding diaryl/α,β-unsaturated/α-hetero) is 1. The van der Waals surface area contributed by atoms with Crippen molar-refractivity contribution in [3.8, 4) is 17.1 Å². The van der Waals surface area contributed by atoms with E-state index in [0.29, 0.717) is 51.1 Å². The van der Waals surface area contributed by atoms with Crippen molar-refractivity contribution < 1.29 is 14.6 Å². The first-order valence-electron chi connectivity index (χ1n) is 13.2. The number of halogens is 1. The van der Waals surface area contributed by atoms with Gasteiger partial charge in [0.25, 0.3) is 0 Å². The van der Waals surface area contributed by atoms with E-state index in [-0.39, 0.29) is 12.4 Å². The highest BCUT2D eigenvalue weighted by molar-refractivity contribution is 6.33. The van der Waals surface area contributed by atoms with Crippen LogP contribution in [0.4, 0.5) is 5.82 Å². The second kappa shape index (κ2) is 10.4. The number of allylic oxidation sites excluding steroid dienone is 2. The number of nitrogens with two attached hydrogens (primary N) is 1. The molecule has 4 N–H and O–H groups in total. The van der Waals surface area contributed by atoms with E-state index in [1.807, 2.05) is 6.92 Å². The molecule has 3 fully saturated rings. The van der Waals surface area contributed by atoms with Crippen LogP contribution < -0.4 is 20.7 Å². The molecular weight excluding hydrogens is 504 g/mol. The van der Waals surface area contributed by atoms with E-state index in [2.05, 4.69) is 15.1 Å². The number of anilines is 1. The van der Waals surface area contributed by atoms with Gasteiger partial charge in [-0.3, -0.25) is 9.69 Å². The second-order valence-corrected chi connectivity index (χ2v) is 11.5. The number of likely N-dealkylation sites (N-methyl/N-ethyl adjacent to an activating group) is 1. The lowest BCUT2D eigenvalue weighted by Gasteiger charge is -2.61. The third kappa shape index (κ3) is 5.25. The van der Waals surface area contributed by atoms with Crippen LogP contribution in [0.5, 0.6) is 5.75 Å². The summed E-state index contributed by atoms with van der Waals surface area (Å²) in [5.41, 5.74) is 9.25. The predicted molar refractivity (Wildman–Crippen MR) is 149 cm³/mol. The van der Waals surface area contributed by atoms with Crippen LogP contribution in [0.2, 0.25) is 5.02 Å². The minimum absolute atomic E-state index is 0.129. The lowest BCUT2D eigenvalue weighted by molar-refractivity contribution is -0.111. The Morgan fingerprint density at radius 2 is 1.97 bits per heavy atom. The summed E-state index contributed by atoms with van der Waals surface area (Å²) in [5, 5.41) is 13.4. The minimum atomic E-state index is -0.648. The van der Waals surface area contributed by atoms with Gasteiger partial charge in [0.05, 0.1) is 16.3 Å². The van der Waals surface area contributed by atoms with Crippen LogP contribution in [0.3, 0.4) is 0 Å². The molecular formula is C28H37ClN6O3. The molecule has 1 aliphatic carbocycles. The van der Waals surface area contributed by atoms with Gasteiger partial charge in [-0.1, -0.05) is 11.6 Å². The van der Waals surface area contributed by atoms with Gasteiger partial charge in [0.1, 0.15) is 24.3 Å². The number of ketones is 1. The number of aliphatic hydroxyl groups is 1. The van der Waals surface area contributed by atoms with Crippen LogP contribution in [0.15, 0.2) is 23.9 Å². The first-order valence-corrected chi connectivity index (χ1v) is 13.6. The molecule has 38 heavy (non-hydrogen) atoms.